The van der Waals surface area contributed by atoms with Crippen LogP contribution in [0.15, 0.2) is 224 Å². The minimum atomic E-state index is -0.259. The van der Waals surface area contributed by atoms with E-state index in [-0.39, 0.29) is 23.2 Å². The topological polar surface area (TPSA) is 38.5 Å². The summed E-state index contributed by atoms with van der Waals surface area (Å²) in [6.45, 7) is 20.4. The number of hydrogen-bond acceptors (Lipinski definition) is 4. The third-order valence-corrected chi connectivity index (χ3v) is 16.3. The number of pyridine rings is 1. The molecule has 3 heterocycles. The number of fused-ring (bicyclic) bond motifs is 2. The molecule has 0 saturated carbocycles. The summed E-state index contributed by atoms with van der Waals surface area (Å²) >= 11 is 2.54. The molecule has 398 valence electrons. The Morgan fingerprint density at radius 3 is 1.75 bits per heavy atom. The Morgan fingerprint density at radius 2 is 1.07 bits per heavy atom. The molecular formula is C72H64BN5OPt-2. The van der Waals surface area contributed by atoms with Gasteiger partial charge in [-0.2, -0.15) is 12.1 Å². The van der Waals surface area contributed by atoms with Crippen LogP contribution in [0.2, 0.25) is 0 Å². The van der Waals surface area contributed by atoms with Crippen molar-refractivity contribution in [2.24, 2.45) is 0 Å². The van der Waals surface area contributed by atoms with E-state index in [1.807, 2.05) is 18.2 Å². The fraction of sp³-hybridized carbons (Fsp3) is 0.167. The zero-order valence-corrected chi connectivity index (χ0v) is 49.2. The molecule has 0 unspecified atom stereocenters. The van der Waals surface area contributed by atoms with Crippen molar-refractivity contribution in [2.75, 3.05) is 9.62 Å². The van der Waals surface area contributed by atoms with Crippen LogP contribution in [-0.4, -0.2) is 21.1 Å². The Labute approximate surface area is 483 Å². The van der Waals surface area contributed by atoms with Crippen LogP contribution in [0.25, 0.3) is 55.8 Å². The normalized spacial score (nSPS) is 12.8. The molecular weight excluding hydrogens is 1160 g/mol. The third-order valence-electron chi connectivity index (χ3n) is 15.3. The maximum atomic E-state index is 7.27. The van der Waals surface area contributed by atoms with Crippen molar-refractivity contribution >= 4 is 46.4 Å². The van der Waals surface area contributed by atoms with E-state index in [0.29, 0.717) is 11.6 Å². The first kappa shape index (κ1) is 52.5. The van der Waals surface area contributed by atoms with Crippen LogP contribution < -0.4 is 19.8 Å². The molecule has 11 aromatic rings. The van der Waals surface area contributed by atoms with Gasteiger partial charge in [-0.25, -0.2) is 0 Å². The molecule has 1 aliphatic heterocycles. The number of para-hydroxylation sites is 5. The van der Waals surface area contributed by atoms with Crippen LogP contribution in [0.5, 0.6) is 11.6 Å². The van der Waals surface area contributed by atoms with Gasteiger partial charge >= 0.3 is 402 Å². The summed E-state index contributed by atoms with van der Waals surface area (Å²) in [5.41, 5.74) is 18.4. The standard InChI is InChI=1S/C72H64BN5O.Pt/c1-70(2,3)52-45-51(46-53(47-52)71(4,5)6)58-35-25-34-57(50-27-13-10-14-28-50)69(58)76-49-75(62-37-21-22-38-63(62)76)56-43-44-60(59-33-19-20-36-61(59)72(7,8)9)66(48-56)79-68-42-26-41-67(74-68)78-65-40-24-23-39-64(65)77(55-31-17-12-18-32-55)73(78)54-29-15-11-16-30-54;/h10-39,41-47H,1-9H3;/q-2;. The Bertz CT molecular complexity index is 4120. The van der Waals surface area contributed by atoms with Gasteiger partial charge in [-0.15, -0.1) is 6.07 Å². The number of hydrogen-bond donors (Lipinski definition) is 0. The molecule has 12 rings (SSSR count). The van der Waals surface area contributed by atoms with E-state index in [0.717, 1.165) is 82.4 Å². The Balaban J connectivity index is 1.06. The third kappa shape index (κ3) is 9.77. The van der Waals surface area contributed by atoms with Gasteiger partial charge in [0.2, 0.25) is 0 Å². The summed E-state index contributed by atoms with van der Waals surface area (Å²) in [6.07, 6.45) is 0. The number of benzene rings is 9. The number of ether oxygens (including phenoxy) is 1. The zero-order chi connectivity index (χ0) is 55.5. The van der Waals surface area contributed by atoms with E-state index in [9.17, 15) is 0 Å². The molecule has 0 saturated heterocycles. The molecule has 9 aromatic carbocycles. The van der Waals surface area contributed by atoms with Gasteiger partial charge in [-0.1, -0.05) is 48.5 Å². The van der Waals surface area contributed by atoms with Crippen molar-refractivity contribution in [2.45, 2.75) is 78.6 Å². The summed E-state index contributed by atoms with van der Waals surface area (Å²) in [4.78, 5) is 10.1. The molecule has 0 radical (unpaired) electrons. The SMILES string of the molecule is CC(C)(C)c1cc(-c2cccc(-c3ccccc3)c2-n2[c](=[Pt])n(-c3[c-]c(Oc4cccc(N5B(c6ccccc6)N(c6ccccc6)c6ccc[c-]c65)n4)c(-c4ccccc4C(C)(C)C)cc3)c3ccccc32)cc(C(C)(C)C)c1. The van der Waals surface area contributed by atoms with Crippen molar-refractivity contribution in [1.29, 1.82) is 0 Å². The van der Waals surface area contributed by atoms with Crippen molar-refractivity contribution < 1.29 is 24.1 Å². The quantitative estimate of drug-likeness (QED) is 0.101. The van der Waals surface area contributed by atoms with Crippen LogP contribution >= 0.6 is 0 Å². The summed E-state index contributed by atoms with van der Waals surface area (Å²) in [7, 11) is 0. The number of imidazole rings is 1. The fourth-order valence-corrected chi connectivity index (χ4v) is 12.3. The molecule has 0 aliphatic carbocycles. The first-order chi connectivity index (χ1) is 38.5. The Kier molecular flexibility index (Phi) is 13.6. The predicted molar refractivity (Wildman–Crippen MR) is 329 cm³/mol. The van der Waals surface area contributed by atoms with Crippen LogP contribution in [0.1, 0.15) is 79.0 Å². The molecule has 0 fully saturated rings. The van der Waals surface area contributed by atoms with Gasteiger partial charge in [-0.3, -0.25) is 0 Å². The zero-order valence-electron chi connectivity index (χ0n) is 46.9. The average molecular weight is 1220 g/mol. The van der Waals surface area contributed by atoms with Crippen molar-refractivity contribution in [3.63, 3.8) is 0 Å². The molecule has 0 spiro atoms. The fourth-order valence-electron chi connectivity index (χ4n) is 11.2. The van der Waals surface area contributed by atoms with Gasteiger partial charge < -0.3 is 0 Å². The van der Waals surface area contributed by atoms with Crippen LogP contribution in [0, 0.1) is 15.9 Å². The van der Waals surface area contributed by atoms with E-state index < -0.39 is 0 Å². The van der Waals surface area contributed by atoms with Gasteiger partial charge in [0.1, 0.15) is 0 Å². The van der Waals surface area contributed by atoms with Crippen LogP contribution in [-0.2, 0) is 35.6 Å². The number of aromatic nitrogens is 3. The molecule has 80 heavy (non-hydrogen) atoms. The summed E-state index contributed by atoms with van der Waals surface area (Å²) in [5.74, 6) is 1.75. The van der Waals surface area contributed by atoms with Crippen molar-refractivity contribution in [1.82, 2.24) is 14.1 Å². The average Bonchev–Trinajstić information content (AvgIpc) is 4.20. The van der Waals surface area contributed by atoms with Gasteiger partial charge in [0.05, 0.1) is 0 Å². The Morgan fingerprint density at radius 1 is 0.487 bits per heavy atom. The predicted octanol–water partition coefficient (Wildman–Crippen LogP) is 17.9. The molecule has 8 heteroatoms. The van der Waals surface area contributed by atoms with E-state index >= 15 is 0 Å². The number of rotatable bonds is 10. The maximum absolute atomic E-state index is 7.27. The van der Waals surface area contributed by atoms with Gasteiger partial charge in [-0.05, 0) is 12.1 Å². The summed E-state index contributed by atoms with van der Waals surface area (Å²) in [6, 6.07) is 87.5. The minimum absolute atomic E-state index is 0.0662. The van der Waals surface area contributed by atoms with Crippen molar-refractivity contribution in [3.05, 3.63) is 257 Å². The summed E-state index contributed by atoms with van der Waals surface area (Å²) < 4.78 is 13.0. The first-order valence-electron chi connectivity index (χ1n) is 27.6. The monoisotopic (exact) mass is 1220 g/mol. The number of anilines is 4. The second-order valence-electron chi connectivity index (χ2n) is 23.8. The van der Waals surface area contributed by atoms with Gasteiger partial charge in [0.15, 0.2) is 0 Å². The van der Waals surface area contributed by atoms with Crippen LogP contribution in [0.4, 0.5) is 22.9 Å². The Hall–Kier alpha value is -8.25. The van der Waals surface area contributed by atoms with E-state index in [1.54, 1.807) is 0 Å². The van der Waals surface area contributed by atoms with E-state index in [4.69, 9.17) is 9.72 Å². The molecule has 0 bridgehead atoms. The van der Waals surface area contributed by atoms with Gasteiger partial charge in [0, 0.05) is 5.69 Å². The number of nitrogens with zero attached hydrogens (tertiary/aromatic N) is 5. The molecule has 0 N–H and O–H groups in total. The second kappa shape index (κ2) is 20.8. The van der Waals surface area contributed by atoms with E-state index in [1.165, 1.54) is 22.3 Å². The molecule has 0 amide bonds. The van der Waals surface area contributed by atoms with E-state index in [2.05, 4.69) is 319 Å². The first-order valence-corrected chi connectivity index (χ1v) is 28.7. The molecule has 6 nitrogen and oxygen atoms in total. The molecule has 1 aliphatic rings. The molecule has 2 aromatic heterocycles. The van der Waals surface area contributed by atoms with Gasteiger partial charge in [0.25, 0.3) is 0 Å². The molecule has 0 atom stereocenters. The van der Waals surface area contributed by atoms with Crippen molar-refractivity contribution in [3.8, 4) is 56.4 Å². The second-order valence-corrected chi connectivity index (χ2v) is 24.9. The summed E-state index contributed by atoms with van der Waals surface area (Å²) in [5, 5.41) is 0. The van der Waals surface area contributed by atoms with Crippen LogP contribution in [0.3, 0.4) is 0 Å².